The summed E-state index contributed by atoms with van der Waals surface area (Å²) in [5.74, 6) is -0.558. The highest BCUT2D eigenvalue weighted by molar-refractivity contribution is 7.80. The Morgan fingerprint density at radius 2 is 1.48 bits per heavy atom. The predicted molar refractivity (Wildman–Crippen MR) is 118 cm³/mol. The third kappa shape index (κ3) is 4.87. The van der Waals surface area contributed by atoms with E-state index in [1.54, 1.807) is 6.07 Å². The van der Waals surface area contributed by atoms with Crippen LogP contribution in [0.15, 0.2) is 84.9 Å². The molecule has 0 saturated carbocycles. The van der Waals surface area contributed by atoms with Crippen molar-refractivity contribution >= 4 is 24.5 Å². The molecule has 1 atom stereocenters. The van der Waals surface area contributed by atoms with Gasteiger partial charge in [-0.05, 0) is 22.8 Å². The summed E-state index contributed by atoms with van der Waals surface area (Å²) in [5.41, 5.74) is 3.22. The van der Waals surface area contributed by atoms with Crippen LogP contribution in [0.4, 0.5) is 0 Å². The van der Waals surface area contributed by atoms with Gasteiger partial charge in [0.2, 0.25) is 0 Å². The highest BCUT2D eigenvalue weighted by Gasteiger charge is 2.31. The highest BCUT2D eigenvalue weighted by Crippen LogP contribution is 2.26. The quantitative estimate of drug-likeness (QED) is 0.466. The molecule has 1 amide bonds. The lowest BCUT2D eigenvalue weighted by Crippen LogP contribution is -2.46. The molecule has 3 rings (SSSR count). The minimum absolute atomic E-state index is 0.165. The van der Waals surface area contributed by atoms with Crippen LogP contribution in [0.3, 0.4) is 0 Å². The van der Waals surface area contributed by atoms with Crippen molar-refractivity contribution in [2.24, 2.45) is 0 Å². The predicted octanol–water partition coefficient (Wildman–Crippen LogP) is 4.47. The number of esters is 1. The van der Waals surface area contributed by atoms with Crippen LogP contribution in [0.25, 0.3) is 11.1 Å². The molecule has 0 fully saturated rings. The molecule has 0 aliphatic rings. The largest absolute Gasteiger partial charge is 0.467 e. The molecule has 148 valence electrons. The zero-order valence-corrected chi connectivity index (χ0v) is 17.1. The van der Waals surface area contributed by atoms with Crippen LogP contribution in [0.5, 0.6) is 0 Å². The van der Waals surface area contributed by atoms with E-state index in [9.17, 15) is 9.59 Å². The van der Waals surface area contributed by atoms with Gasteiger partial charge in [0.25, 0.3) is 5.91 Å². The van der Waals surface area contributed by atoms with Gasteiger partial charge in [-0.2, -0.15) is 12.6 Å². The molecule has 0 aromatic heterocycles. The molecule has 0 aliphatic heterocycles. The molecular formula is C24H23NO3S. The Bertz CT molecular complexity index is 960. The highest BCUT2D eigenvalue weighted by atomic mass is 32.1. The SMILES string of the molecule is COC(=O)[C@@H](CS)N(Cc1ccccc1)C(=O)c1ccccc1-c1ccccc1. The molecular weight excluding hydrogens is 382 g/mol. The molecule has 3 aromatic rings. The first-order valence-electron chi connectivity index (χ1n) is 9.33. The number of carbonyl (C=O) groups excluding carboxylic acids is 2. The number of methoxy groups -OCH3 is 1. The Morgan fingerprint density at radius 3 is 2.10 bits per heavy atom. The summed E-state index contributed by atoms with van der Waals surface area (Å²) in [7, 11) is 1.32. The van der Waals surface area contributed by atoms with Crippen LogP contribution in [0.1, 0.15) is 15.9 Å². The Hall–Kier alpha value is -3.05. The zero-order chi connectivity index (χ0) is 20.6. The topological polar surface area (TPSA) is 46.6 Å². The summed E-state index contributed by atoms with van der Waals surface area (Å²) in [6, 6.07) is 25.9. The molecule has 5 heteroatoms. The second-order valence-corrected chi connectivity index (χ2v) is 6.92. The van der Waals surface area contributed by atoms with Gasteiger partial charge in [0.15, 0.2) is 0 Å². The van der Waals surface area contributed by atoms with Crippen LogP contribution < -0.4 is 0 Å². The van der Waals surface area contributed by atoms with Crippen LogP contribution in [-0.4, -0.2) is 35.7 Å². The monoisotopic (exact) mass is 405 g/mol. The third-order valence-corrected chi connectivity index (χ3v) is 5.07. The maximum atomic E-state index is 13.6. The Labute approximate surface area is 176 Å². The first-order chi connectivity index (χ1) is 14.2. The van der Waals surface area contributed by atoms with Crippen LogP contribution in [0, 0.1) is 0 Å². The van der Waals surface area contributed by atoms with Gasteiger partial charge in [0.05, 0.1) is 7.11 Å². The van der Waals surface area contributed by atoms with Gasteiger partial charge in [-0.25, -0.2) is 4.79 Å². The van der Waals surface area contributed by atoms with Crippen molar-refractivity contribution in [3.8, 4) is 11.1 Å². The molecule has 0 saturated heterocycles. The fourth-order valence-electron chi connectivity index (χ4n) is 3.23. The zero-order valence-electron chi connectivity index (χ0n) is 16.2. The molecule has 0 N–H and O–H groups in total. The smallest absolute Gasteiger partial charge is 0.329 e. The van der Waals surface area contributed by atoms with E-state index >= 15 is 0 Å². The number of thiol groups is 1. The third-order valence-electron chi connectivity index (χ3n) is 4.72. The number of carbonyl (C=O) groups is 2. The van der Waals surface area contributed by atoms with E-state index in [-0.39, 0.29) is 18.2 Å². The van der Waals surface area contributed by atoms with Crippen LogP contribution in [0.2, 0.25) is 0 Å². The van der Waals surface area contributed by atoms with Gasteiger partial charge in [0.1, 0.15) is 6.04 Å². The van der Waals surface area contributed by atoms with Gasteiger partial charge in [0, 0.05) is 17.9 Å². The summed E-state index contributed by atoms with van der Waals surface area (Å²) in [5, 5.41) is 0. The second kappa shape index (κ2) is 9.94. The molecule has 0 bridgehead atoms. The van der Waals surface area contributed by atoms with Crippen molar-refractivity contribution in [1.82, 2.24) is 4.90 Å². The maximum Gasteiger partial charge on any atom is 0.329 e. The summed E-state index contributed by atoms with van der Waals surface area (Å²) in [6.45, 7) is 0.281. The van der Waals surface area contributed by atoms with E-state index in [0.29, 0.717) is 5.56 Å². The van der Waals surface area contributed by atoms with E-state index < -0.39 is 12.0 Å². The Kier molecular flexibility index (Phi) is 7.09. The van der Waals surface area contributed by atoms with Gasteiger partial charge >= 0.3 is 5.97 Å². The van der Waals surface area contributed by atoms with Crippen molar-refractivity contribution in [3.05, 3.63) is 96.1 Å². The number of benzene rings is 3. The van der Waals surface area contributed by atoms with E-state index in [2.05, 4.69) is 12.6 Å². The lowest BCUT2D eigenvalue weighted by molar-refractivity contribution is -0.145. The van der Waals surface area contributed by atoms with E-state index in [0.717, 1.165) is 16.7 Å². The number of rotatable bonds is 7. The van der Waals surface area contributed by atoms with Crippen LogP contribution >= 0.6 is 12.6 Å². The standard InChI is InChI=1S/C24H23NO3S/c1-28-24(27)22(17-29)25(16-18-10-4-2-5-11-18)23(26)21-15-9-8-14-20(21)19-12-6-3-7-13-19/h2-15,22,29H,16-17H2,1H3/t22-/m1/s1. The lowest BCUT2D eigenvalue weighted by Gasteiger charge is -2.30. The summed E-state index contributed by atoms with van der Waals surface area (Å²) in [4.78, 5) is 27.6. The molecule has 3 aromatic carbocycles. The van der Waals surface area contributed by atoms with Gasteiger partial charge in [-0.15, -0.1) is 0 Å². The summed E-state index contributed by atoms with van der Waals surface area (Å²) in [6.07, 6.45) is 0. The minimum atomic E-state index is -0.792. The van der Waals surface area contributed by atoms with Crippen molar-refractivity contribution < 1.29 is 14.3 Å². The summed E-state index contributed by atoms with van der Waals surface area (Å²) < 4.78 is 4.94. The first kappa shape index (κ1) is 20.7. The molecule has 0 heterocycles. The van der Waals surface area contributed by atoms with Gasteiger partial charge < -0.3 is 9.64 Å². The molecule has 0 radical (unpaired) electrons. The van der Waals surface area contributed by atoms with E-state index in [1.807, 2.05) is 78.9 Å². The van der Waals surface area contributed by atoms with Gasteiger partial charge in [-0.3, -0.25) is 4.79 Å². The van der Waals surface area contributed by atoms with Crippen molar-refractivity contribution in [3.63, 3.8) is 0 Å². The summed E-state index contributed by atoms with van der Waals surface area (Å²) >= 11 is 4.32. The maximum absolute atomic E-state index is 13.6. The number of ether oxygens (including phenoxy) is 1. The molecule has 29 heavy (non-hydrogen) atoms. The van der Waals surface area contributed by atoms with E-state index in [4.69, 9.17) is 4.74 Å². The molecule has 4 nitrogen and oxygen atoms in total. The fourth-order valence-corrected chi connectivity index (χ4v) is 3.58. The Morgan fingerprint density at radius 1 is 0.897 bits per heavy atom. The number of hydrogen-bond acceptors (Lipinski definition) is 4. The fraction of sp³-hybridized carbons (Fsp3) is 0.167. The molecule has 0 aliphatic carbocycles. The van der Waals surface area contributed by atoms with Crippen molar-refractivity contribution in [2.75, 3.05) is 12.9 Å². The average Bonchev–Trinajstić information content (AvgIpc) is 2.79. The second-order valence-electron chi connectivity index (χ2n) is 6.55. The molecule has 0 spiro atoms. The van der Waals surface area contributed by atoms with Crippen LogP contribution in [-0.2, 0) is 16.1 Å². The number of hydrogen-bond donors (Lipinski definition) is 1. The number of amides is 1. The number of nitrogens with zero attached hydrogens (tertiary/aromatic N) is 1. The molecule has 0 unspecified atom stereocenters. The normalized spacial score (nSPS) is 11.5. The average molecular weight is 406 g/mol. The minimum Gasteiger partial charge on any atom is -0.467 e. The van der Waals surface area contributed by atoms with Gasteiger partial charge in [-0.1, -0.05) is 78.9 Å². The van der Waals surface area contributed by atoms with Crippen molar-refractivity contribution in [2.45, 2.75) is 12.6 Å². The van der Waals surface area contributed by atoms with Crippen molar-refractivity contribution in [1.29, 1.82) is 0 Å². The van der Waals surface area contributed by atoms with E-state index in [1.165, 1.54) is 12.0 Å². The Balaban J connectivity index is 2.04. The first-order valence-corrected chi connectivity index (χ1v) is 9.97. The lowest BCUT2D eigenvalue weighted by atomic mass is 9.98.